The van der Waals surface area contributed by atoms with Crippen molar-refractivity contribution in [3.63, 3.8) is 0 Å². The van der Waals surface area contributed by atoms with Crippen LogP contribution in [0.1, 0.15) is 25.3 Å². The molecule has 0 aliphatic rings. The summed E-state index contributed by atoms with van der Waals surface area (Å²) in [6.45, 7) is 4.32. The van der Waals surface area contributed by atoms with E-state index in [1.807, 2.05) is 42.6 Å². The molecule has 0 fully saturated rings. The molecule has 0 radical (unpaired) electrons. The van der Waals surface area contributed by atoms with Gasteiger partial charge in [0.25, 0.3) is 0 Å². The molecule has 7 heteroatoms. The van der Waals surface area contributed by atoms with Crippen molar-refractivity contribution in [3.8, 4) is 10.6 Å². The molecule has 4 aromatic rings. The van der Waals surface area contributed by atoms with Crippen molar-refractivity contribution >= 4 is 39.1 Å². The normalized spacial score (nSPS) is 11.1. The number of rotatable bonds is 4. The second kappa shape index (κ2) is 7.20. The summed E-state index contributed by atoms with van der Waals surface area (Å²) in [6.07, 6.45) is 1.87. The van der Waals surface area contributed by atoms with Crippen LogP contribution in [0.15, 0.2) is 54.7 Å². The molecule has 0 aliphatic carbocycles. The minimum Gasteiger partial charge on any atom is -0.361 e. The predicted octanol–water partition coefficient (Wildman–Crippen LogP) is 5.45. The third kappa shape index (κ3) is 3.83. The van der Waals surface area contributed by atoms with Crippen LogP contribution in [0, 0.1) is 0 Å². The molecule has 0 unspecified atom stereocenters. The van der Waals surface area contributed by atoms with E-state index in [4.69, 9.17) is 0 Å². The first kappa shape index (κ1) is 17.2. The first-order chi connectivity index (χ1) is 13.1. The summed E-state index contributed by atoms with van der Waals surface area (Å²) in [7, 11) is 0. The van der Waals surface area contributed by atoms with Crippen LogP contribution in [-0.2, 0) is 0 Å². The van der Waals surface area contributed by atoms with Gasteiger partial charge in [-0.2, -0.15) is 0 Å². The van der Waals surface area contributed by atoms with Crippen LogP contribution >= 0.6 is 11.3 Å². The summed E-state index contributed by atoms with van der Waals surface area (Å²) in [5.41, 5.74) is 3.94. The topological polar surface area (TPSA) is 82.7 Å². The Morgan fingerprint density at radius 1 is 1.04 bits per heavy atom. The third-order valence-electron chi connectivity index (χ3n) is 4.28. The number of aromatic nitrogens is 3. The second-order valence-corrected chi connectivity index (χ2v) is 7.53. The van der Waals surface area contributed by atoms with Crippen LogP contribution in [0.4, 0.5) is 15.6 Å². The number of carbonyl (C=O) groups excluding carboxylic acids is 1. The molecule has 2 heterocycles. The summed E-state index contributed by atoms with van der Waals surface area (Å²) < 4.78 is 0. The summed E-state index contributed by atoms with van der Waals surface area (Å²) in [5.74, 6) is 0.486. The van der Waals surface area contributed by atoms with Crippen molar-refractivity contribution in [2.45, 2.75) is 19.8 Å². The van der Waals surface area contributed by atoms with Gasteiger partial charge in [-0.15, -0.1) is 10.2 Å². The van der Waals surface area contributed by atoms with Crippen LogP contribution in [0.2, 0.25) is 0 Å². The minimum absolute atomic E-state index is 0.348. The molecular formula is C20H19N5OS. The number of hydrogen-bond donors (Lipinski definition) is 3. The van der Waals surface area contributed by atoms with Gasteiger partial charge >= 0.3 is 6.03 Å². The molecule has 6 nitrogen and oxygen atoms in total. The highest BCUT2D eigenvalue weighted by atomic mass is 32.1. The maximum absolute atomic E-state index is 12.2. The van der Waals surface area contributed by atoms with Crippen molar-refractivity contribution in [1.82, 2.24) is 15.2 Å². The van der Waals surface area contributed by atoms with E-state index in [-0.39, 0.29) is 6.03 Å². The van der Waals surface area contributed by atoms with Gasteiger partial charge in [0, 0.05) is 23.0 Å². The standard InChI is InChI=1S/C20H19N5OS/c1-12(2)13-3-5-15(6-4-13)18-24-25-20(27-18)23-19(26)22-16-8-7-14-9-10-21-17(14)11-16/h3-12,21H,1-2H3,(H2,22,23,25,26). The fourth-order valence-electron chi connectivity index (χ4n) is 2.79. The molecule has 27 heavy (non-hydrogen) atoms. The van der Waals surface area contributed by atoms with Gasteiger partial charge in [-0.3, -0.25) is 5.32 Å². The van der Waals surface area contributed by atoms with E-state index >= 15 is 0 Å². The highest BCUT2D eigenvalue weighted by molar-refractivity contribution is 7.18. The van der Waals surface area contributed by atoms with Gasteiger partial charge in [0.05, 0.1) is 0 Å². The lowest BCUT2D eigenvalue weighted by Crippen LogP contribution is -2.19. The molecule has 4 rings (SSSR count). The summed E-state index contributed by atoms with van der Waals surface area (Å²) >= 11 is 1.34. The minimum atomic E-state index is -0.348. The molecule has 0 aliphatic heterocycles. The Hall–Kier alpha value is -3.19. The average molecular weight is 377 g/mol. The highest BCUT2D eigenvalue weighted by Crippen LogP contribution is 2.28. The van der Waals surface area contributed by atoms with Crippen LogP contribution in [0.5, 0.6) is 0 Å². The molecule has 2 aromatic heterocycles. The Kier molecular flexibility index (Phi) is 4.60. The summed E-state index contributed by atoms with van der Waals surface area (Å²) in [4.78, 5) is 15.4. The van der Waals surface area contributed by atoms with Gasteiger partial charge < -0.3 is 10.3 Å². The van der Waals surface area contributed by atoms with Gasteiger partial charge in [-0.1, -0.05) is 55.5 Å². The van der Waals surface area contributed by atoms with Gasteiger partial charge in [0.1, 0.15) is 5.01 Å². The molecule has 136 valence electrons. The fourth-order valence-corrected chi connectivity index (χ4v) is 3.53. The molecule has 0 atom stereocenters. The van der Waals surface area contributed by atoms with E-state index in [2.05, 4.69) is 51.8 Å². The first-order valence-corrected chi connectivity index (χ1v) is 9.49. The van der Waals surface area contributed by atoms with Crippen molar-refractivity contribution in [2.75, 3.05) is 10.6 Å². The SMILES string of the molecule is CC(C)c1ccc(-c2nnc(NC(=O)Nc3ccc4cc[nH]c4c3)s2)cc1. The van der Waals surface area contributed by atoms with Crippen LogP contribution in [-0.4, -0.2) is 21.2 Å². The summed E-state index contributed by atoms with van der Waals surface area (Å²) in [5, 5.41) is 16.1. The first-order valence-electron chi connectivity index (χ1n) is 8.67. The Bertz CT molecular complexity index is 1080. The molecule has 2 aromatic carbocycles. The second-order valence-electron chi connectivity index (χ2n) is 6.55. The molecular weight excluding hydrogens is 358 g/mol. The van der Waals surface area contributed by atoms with E-state index in [9.17, 15) is 4.79 Å². The average Bonchev–Trinajstić information content (AvgIpc) is 3.30. The van der Waals surface area contributed by atoms with E-state index in [0.29, 0.717) is 16.7 Å². The zero-order valence-electron chi connectivity index (χ0n) is 15.0. The number of urea groups is 1. The zero-order chi connectivity index (χ0) is 18.8. The Morgan fingerprint density at radius 3 is 2.63 bits per heavy atom. The number of amides is 2. The maximum atomic E-state index is 12.2. The van der Waals surface area contributed by atoms with Crippen molar-refractivity contribution in [2.24, 2.45) is 0 Å². The van der Waals surface area contributed by atoms with Gasteiger partial charge in [0.15, 0.2) is 0 Å². The number of nitrogens with zero attached hydrogens (tertiary/aromatic N) is 2. The molecule has 0 saturated carbocycles. The number of H-pyrrole nitrogens is 1. The lowest BCUT2D eigenvalue weighted by Gasteiger charge is -2.05. The Balaban J connectivity index is 1.43. The molecule has 0 spiro atoms. The largest absolute Gasteiger partial charge is 0.361 e. The lowest BCUT2D eigenvalue weighted by molar-refractivity contribution is 0.262. The Morgan fingerprint density at radius 2 is 1.85 bits per heavy atom. The van der Waals surface area contributed by atoms with Gasteiger partial charge in [-0.05, 0) is 35.1 Å². The van der Waals surface area contributed by atoms with Crippen molar-refractivity contribution < 1.29 is 4.79 Å². The predicted molar refractivity (Wildman–Crippen MR) is 110 cm³/mol. The van der Waals surface area contributed by atoms with Crippen LogP contribution in [0.3, 0.4) is 0 Å². The quantitative estimate of drug-likeness (QED) is 0.442. The van der Waals surface area contributed by atoms with Gasteiger partial charge in [-0.25, -0.2) is 4.79 Å². The Labute approximate surface area is 160 Å². The maximum Gasteiger partial charge on any atom is 0.325 e. The number of nitrogens with one attached hydrogen (secondary N) is 3. The zero-order valence-corrected chi connectivity index (χ0v) is 15.8. The third-order valence-corrected chi connectivity index (χ3v) is 5.17. The number of carbonyl (C=O) groups is 1. The number of hydrogen-bond acceptors (Lipinski definition) is 4. The lowest BCUT2D eigenvalue weighted by atomic mass is 10.0. The number of aromatic amines is 1. The van der Waals surface area contributed by atoms with Crippen molar-refractivity contribution in [3.05, 3.63) is 60.3 Å². The number of fused-ring (bicyclic) bond motifs is 1. The van der Waals surface area contributed by atoms with Crippen LogP contribution in [0.25, 0.3) is 21.5 Å². The van der Waals surface area contributed by atoms with Crippen LogP contribution < -0.4 is 10.6 Å². The molecule has 0 saturated heterocycles. The van der Waals surface area contributed by atoms with E-state index in [0.717, 1.165) is 21.5 Å². The molecule has 3 N–H and O–H groups in total. The summed E-state index contributed by atoms with van der Waals surface area (Å²) in [6, 6.07) is 15.6. The van der Waals surface area contributed by atoms with Gasteiger partial charge in [0.2, 0.25) is 5.13 Å². The van der Waals surface area contributed by atoms with E-state index in [1.54, 1.807) is 0 Å². The fraction of sp³-hybridized carbons (Fsp3) is 0.150. The smallest absolute Gasteiger partial charge is 0.325 e. The van der Waals surface area contributed by atoms with E-state index < -0.39 is 0 Å². The molecule has 0 bridgehead atoms. The number of anilines is 2. The number of benzene rings is 2. The monoisotopic (exact) mass is 377 g/mol. The highest BCUT2D eigenvalue weighted by Gasteiger charge is 2.10. The van der Waals surface area contributed by atoms with Crippen molar-refractivity contribution in [1.29, 1.82) is 0 Å². The van der Waals surface area contributed by atoms with E-state index in [1.165, 1.54) is 16.9 Å². The molecule has 2 amide bonds.